The van der Waals surface area contributed by atoms with E-state index in [9.17, 15) is 20.1 Å². The molecule has 0 saturated heterocycles. The molecule has 0 fully saturated rings. The smallest absolute Gasteiger partial charge is 0.364 e. The van der Waals surface area contributed by atoms with Gasteiger partial charge in [-0.25, -0.2) is 9.39 Å². The standard InChI is InChI=1S/C45H92N2O4/c1-4-7-9-11-13-15-17-19-21-23-25-27-29-31-33-35-38-46(39-42-48)47(41-43-49,44(37-6-3)45(50)51)40-36-34-32-30-28-26-24-22-20-18-16-14-12-10-8-5-2/h44,48-49H,4-43H2,1-3H3/p+1. The van der Waals surface area contributed by atoms with Gasteiger partial charge in [-0.05, 0) is 25.7 Å². The number of quaternary nitrogens is 1. The molecule has 0 aliphatic carbocycles. The predicted octanol–water partition coefficient (Wildman–Crippen LogP) is 12.8. The molecule has 0 aliphatic rings. The van der Waals surface area contributed by atoms with Crippen molar-refractivity contribution in [3.05, 3.63) is 0 Å². The van der Waals surface area contributed by atoms with Gasteiger partial charge in [0.1, 0.15) is 6.54 Å². The van der Waals surface area contributed by atoms with Crippen molar-refractivity contribution in [1.82, 2.24) is 5.01 Å². The van der Waals surface area contributed by atoms with Gasteiger partial charge in [0.05, 0.1) is 26.3 Å². The van der Waals surface area contributed by atoms with E-state index in [2.05, 4.69) is 25.8 Å². The van der Waals surface area contributed by atoms with Crippen LogP contribution in [0.2, 0.25) is 0 Å². The first-order valence-corrected chi connectivity index (χ1v) is 23.1. The van der Waals surface area contributed by atoms with Crippen LogP contribution in [0.1, 0.15) is 239 Å². The number of carboxylic acids is 1. The number of carboxylic acid groups (broad SMARTS) is 1. The summed E-state index contributed by atoms with van der Waals surface area (Å²) in [5.74, 6) is -0.767. The maximum absolute atomic E-state index is 12.7. The fourth-order valence-electron chi connectivity index (χ4n) is 8.32. The summed E-state index contributed by atoms with van der Waals surface area (Å²) in [4.78, 5) is 12.7. The van der Waals surface area contributed by atoms with Gasteiger partial charge in [-0.2, -0.15) is 5.01 Å². The summed E-state index contributed by atoms with van der Waals surface area (Å²) in [5, 5.41) is 33.1. The van der Waals surface area contributed by atoms with E-state index in [1.165, 1.54) is 180 Å². The molecule has 0 amide bonds. The molecule has 0 aromatic carbocycles. The van der Waals surface area contributed by atoms with Gasteiger partial charge in [-0.3, -0.25) is 0 Å². The van der Waals surface area contributed by atoms with E-state index in [1.807, 2.05) is 0 Å². The molecule has 0 spiro atoms. The lowest BCUT2D eigenvalue weighted by Gasteiger charge is -2.49. The summed E-state index contributed by atoms with van der Waals surface area (Å²) < 4.78 is 0.289. The molecule has 0 rings (SSSR count). The van der Waals surface area contributed by atoms with E-state index < -0.39 is 12.0 Å². The minimum atomic E-state index is -0.767. The van der Waals surface area contributed by atoms with E-state index in [4.69, 9.17) is 0 Å². The first-order chi connectivity index (χ1) is 25.0. The van der Waals surface area contributed by atoms with Crippen LogP contribution in [0.5, 0.6) is 0 Å². The first kappa shape index (κ1) is 50.3. The summed E-state index contributed by atoms with van der Waals surface area (Å²) in [6.45, 7) is 9.00. The molecule has 0 saturated carbocycles. The van der Waals surface area contributed by atoms with Crippen LogP contribution < -0.4 is 0 Å². The molecule has 0 heterocycles. The summed E-state index contributed by atoms with van der Waals surface area (Å²) in [6, 6.07) is -0.578. The molecule has 51 heavy (non-hydrogen) atoms. The fourth-order valence-corrected chi connectivity index (χ4v) is 8.32. The second-order valence-corrected chi connectivity index (χ2v) is 16.1. The van der Waals surface area contributed by atoms with Gasteiger partial charge in [-0.15, -0.1) is 0 Å². The quantitative estimate of drug-likeness (QED) is 0.0331. The highest BCUT2D eigenvalue weighted by molar-refractivity contribution is 5.72. The fraction of sp³-hybridized carbons (Fsp3) is 0.978. The van der Waals surface area contributed by atoms with Gasteiger partial charge in [0, 0.05) is 13.0 Å². The Morgan fingerprint density at radius 2 is 0.765 bits per heavy atom. The number of hydrogen-bond acceptors (Lipinski definition) is 4. The third-order valence-electron chi connectivity index (χ3n) is 11.5. The second kappa shape index (κ2) is 39.0. The van der Waals surface area contributed by atoms with Crippen LogP contribution in [0, 0.1) is 0 Å². The van der Waals surface area contributed by atoms with Crippen molar-refractivity contribution in [1.29, 1.82) is 0 Å². The Bertz CT molecular complexity index is 708. The van der Waals surface area contributed by atoms with E-state index in [1.54, 1.807) is 0 Å². The van der Waals surface area contributed by atoms with Gasteiger partial charge < -0.3 is 15.3 Å². The van der Waals surface area contributed by atoms with Gasteiger partial charge in [0.25, 0.3) is 0 Å². The monoisotopic (exact) mass is 726 g/mol. The van der Waals surface area contributed by atoms with Crippen molar-refractivity contribution in [2.45, 2.75) is 245 Å². The van der Waals surface area contributed by atoms with Crippen molar-refractivity contribution in [2.24, 2.45) is 0 Å². The molecule has 0 bridgehead atoms. The summed E-state index contributed by atoms with van der Waals surface area (Å²) in [5.41, 5.74) is 0. The molecule has 0 aliphatic heterocycles. The maximum atomic E-state index is 12.7. The lowest BCUT2D eigenvalue weighted by Crippen LogP contribution is -2.69. The van der Waals surface area contributed by atoms with Crippen LogP contribution in [-0.2, 0) is 4.79 Å². The van der Waals surface area contributed by atoms with Crippen molar-refractivity contribution in [3.63, 3.8) is 0 Å². The third kappa shape index (κ3) is 28.4. The van der Waals surface area contributed by atoms with Crippen molar-refractivity contribution in [2.75, 3.05) is 39.4 Å². The van der Waals surface area contributed by atoms with Crippen molar-refractivity contribution < 1.29 is 24.7 Å². The lowest BCUT2D eigenvalue weighted by molar-refractivity contribution is -1.05. The Balaban J connectivity index is 4.57. The largest absolute Gasteiger partial charge is 0.477 e. The molecular formula is C45H93N2O4+. The lowest BCUT2D eigenvalue weighted by atomic mass is 10.0. The molecule has 3 N–H and O–H groups in total. The van der Waals surface area contributed by atoms with Crippen LogP contribution in [0.25, 0.3) is 0 Å². The Kier molecular flexibility index (Phi) is 38.5. The zero-order valence-corrected chi connectivity index (χ0v) is 35.0. The van der Waals surface area contributed by atoms with E-state index in [0.717, 1.165) is 45.2 Å². The number of aliphatic carboxylic acids is 1. The van der Waals surface area contributed by atoms with Crippen molar-refractivity contribution >= 4 is 5.97 Å². The number of hydrogen-bond donors (Lipinski definition) is 3. The molecule has 0 aromatic heterocycles. The second-order valence-electron chi connectivity index (χ2n) is 16.1. The maximum Gasteiger partial charge on any atom is 0.364 e. The van der Waals surface area contributed by atoms with Crippen LogP contribution in [-0.4, -0.2) is 76.3 Å². The Labute approximate surface area is 319 Å². The molecule has 6 nitrogen and oxygen atoms in total. The topological polar surface area (TPSA) is 81.0 Å². The van der Waals surface area contributed by atoms with Crippen LogP contribution >= 0.6 is 0 Å². The molecule has 6 heteroatoms. The average molecular weight is 726 g/mol. The Morgan fingerprint density at radius 1 is 0.431 bits per heavy atom. The minimum Gasteiger partial charge on any atom is -0.477 e. The first-order valence-electron chi connectivity index (χ1n) is 23.1. The number of rotatable bonds is 43. The molecule has 0 aromatic rings. The zero-order valence-electron chi connectivity index (χ0n) is 35.0. The number of aliphatic hydroxyl groups is 2. The predicted molar refractivity (Wildman–Crippen MR) is 221 cm³/mol. The van der Waals surface area contributed by atoms with Gasteiger partial charge >= 0.3 is 5.97 Å². The zero-order chi connectivity index (χ0) is 37.5. The number of unbranched alkanes of at least 4 members (excludes halogenated alkanes) is 30. The third-order valence-corrected chi connectivity index (χ3v) is 11.5. The summed E-state index contributed by atoms with van der Waals surface area (Å²) in [6.07, 6.45) is 43.8. The molecule has 0 radical (unpaired) electrons. The SMILES string of the molecule is CCCCCCCCCCCCCCCCCCN(CCO)[N+](CCO)(CCCCCCCCCCCCCCCCCC)C(CCC)C(=O)O. The van der Waals surface area contributed by atoms with Crippen LogP contribution in [0.4, 0.5) is 0 Å². The van der Waals surface area contributed by atoms with Gasteiger partial charge in [0.2, 0.25) is 6.04 Å². The minimum absolute atomic E-state index is 0.0156. The van der Waals surface area contributed by atoms with Crippen molar-refractivity contribution in [3.8, 4) is 0 Å². The normalized spacial score (nSPS) is 13.6. The number of carbonyl (C=O) groups is 1. The van der Waals surface area contributed by atoms with E-state index in [0.29, 0.717) is 19.5 Å². The van der Waals surface area contributed by atoms with Crippen LogP contribution in [0.15, 0.2) is 0 Å². The Hall–Kier alpha value is -0.690. The number of nitrogens with zero attached hydrogens (tertiary/aromatic N) is 2. The highest BCUT2D eigenvalue weighted by Crippen LogP contribution is 2.26. The highest BCUT2D eigenvalue weighted by atomic mass is 16.4. The van der Waals surface area contributed by atoms with E-state index >= 15 is 0 Å². The Morgan fingerprint density at radius 3 is 1.06 bits per heavy atom. The summed E-state index contributed by atoms with van der Waals surface area (Å²) in [7, 11) is 0. The molecule has 2 unspecified atom stereocenters. The molecular weight excluding hydrogens is 633 g/mol. The average Bonchev–Trinajstić information content (AvgIpc) is 3.12. The van der Waals surface area contributed by atoms with Gasteiger partial charge in [0.15, 0.2) is 0 Å². The van der Waals surface area contributed by atoms with Crippen LogP contribution in [0.3, 0.4) is 0 Å². The van der Waals surface area contributed by atoms with Gasteiger partial charge in [-0.1, -0.05) is 207 Å². The highest BCUT2D eigenvalue weighted by Gasteiger charge is 2.45. The summed E-state index contributed by atoms with van der Waals surface area (Å²) >= 11 is 0. The van der Waals surface area contributed by atoms with E-state index in [-0.39, 0.29) is 17.8 Å². The number of aliphatic hydroxyl groups excluding tert-OH is 2. The molecule has 2 atom stereocenters. The molecule has 306 valence electrons.